The van der Waals surface area contributed by atoms with Crippen molar-refractivity contribution in [2.75, 3.05) is 0 Å². The van der Waals surface area contributed by atoms with Gasteiger partial charge in [0, 0.05) is 5.54 Å². The summed E-state index contributed by atoms with van der Waals surface area (Å²) in [6.45, 7) is 1.99. The van der Waals surface area contributed by atoms with Gasteiger partial charge < -0.3 is 5.11 Å². The Kier molecular flexibility index (Phi) is 4.15. The molecule has 0 heterocycles. The molecule has 0 amide bonds. The second-order valence-corrected chi connectivity index (χ2v) is 7.07. The van der Waals surface area contributed by atoms with Crippen LogP contribution in [-0.4, -0.2) is 25.0 Å². The molecule has 0 spiro atoms. The third-order valence-electron chi connectivity index (χ3n) is 3.92. The van der Waals surface area contributed by atoms with Gasteiger partial charge in [0.15, 0.2) is 0 Å². The van der Waals surface area contributed by atoms with Crippen LogP contribution in [-0.2, 0) is 15.8 Å². The summed E-state index contributed by atoms with van der Waals surface area (Å²) in [5, 5.41) is 8.80. The molecule has 2 rings (SSSR count). The van der Waals surface area contributed by atoms with Gasteiger partial charge in [0.2, 0.25) is 10.0 Å². The van der Waals surface area contributed by atoms with Gasteiger partial charge in [0.25, 0.3) is 0 Å². The van der Waals surface area contributed by atoms with Crippen molar-refractivity contribution in [1.29, 1.82) is 0 Å². The molecule has 0 aromatic heterocycles. The highest BCUT2D eigenvalue weighted by molar-refractivity contribution is 7.88. The standard InChI is InChI=1S/C14H19NO4S/c1-2-14(8-3-9-14)15-20(18,19)10-11-4-6-12(7-5-11)13(16)17/h4-7,15H,2-3,8-10H2,1H3,(H,16,17). The topological polar surface area (TPSA) is 83.5 Å². The van der Waals surface area contributed by atoms with E-state index in [4.69, 9.17) is 5.11 Å². The maximum atomic E-state index is 12.2. The van der Waals surface area contributed by atoms with Gasteiger partial charge in [0.1, 0.15) is 0 Å². The number of benzene rings is 1. The Morgan fingerprint density at radius 3 is 2.30 bits per heavy atom. The largest absolute Gasteiger partial charge is 0.478 e. The molecule has 110 valence electrons. The molecule has 1 aliphatic carbocycles. The SMILES string of the molecule is CCC1(NS(=O)(=O)Cc2ccc(C(=O)O)cc2)CCC1. The van der Waals surface area contributed by atoms with E-state index in [-0.39, 0.29) is 16.9 Å². The van der Waals surface area contributed by atoms with E-state index in [1.807, 2.05) is 6.92 Å². The second kappa shape index (κ2) is 5.54. The molecule has 1 aromatic carbocycles. The third kappa shape index (κ3) is 3.37. The van der Waals surface area contributed by atoms with Gasteiger partial charge in [-0.05, 0) is 43.4 Å². The first-order chi connectivity index (χ1) is 9.36. The van der Waals surface area contributed by atoms with E-state index < -0.39 is 16.0 Å². The molecule has 0 aliphatic heterocycles. The number of sulfonamides is 1. The highest BCUT2D eigenvalue weighted by Gasteiger charge is 2.38. The van der Waals surface area contributed by atoms with Crippen molar-refractivity contribution < 1.29 is 18.3 Å². The summed E-state index contributed by atoms with van der Waals surface area (Å²) in [6, 6.07) is 5.93. The molecular weight excluding hydrogens is 278 g/mol. The van der Waals surface area contributed by atoms with Crippen molar-refractivity contribution >= 4 is 16.0 Å². The van der Waals surface area contributed by atoms with Crippen LogP contribution in [0, 0.1) is 0 Å². The lowest BCUT2D eigenvalue weighted by atomic mass is 9.76. The lowest BCUT2D eigenvalue weighted by Crippen LogP contribution is -2.53. The molecule has 0 bridgehead atoms. The van der Waals surface area contributed by atoms with Crippen molar-refractivity contribution in [3.63, 3.8) is 0 Å². The minimum Gasteiger partial charge on any atom is -0.478 e. The number of hydrogen-bond donors (Lipinski definition) is 2. The van der Waals surface area contributed by atoms with Gasteiger partial charge in [-0.1, -0.05) is 19.1 Å². The van der Waals surface area contributed by atoms with E-state index in [1.54, 1.807) is 12.1 Å². The molecule has 0 unspecified atom stereocenters. The highest BCUT2D eigenvalue weighted by atomic mass is 32.2. The molecule has 6 heteroatoms. The van der Waals surface area contributed by atoms with Crippen LogP contribution in [0.1, 0.15) is 48.5 Å². The second-order valence-electron chi connectivity index (χ2n) is 5.35. The van der Waals surface area contributed by atoms with Crippen molar-refractivity contribution in [2.45, 2.75) is 43.9 Å². The fourth-order valence-electron chi connectivity index (χ4n) is 2.46. The minimum atomic E-state index is -3.40. The van der Waals surface area contributed by atoms with Crippen LogP contribution in [0.4, 0.5) is 0 Å². The van der Waals surface area contributed by atoms with Crippen molar-refractivity contribution in [3.8, 4) is 0 Å². The molecule has 2 N–H and O–H groups in total. The monoisotopic (exact) mass is 297 g/mol. The Balaban J connectivity index is 2.06. The summed E-state index contributed by atoms with van der Waals surface area (Å²) in [6.07, 6.45) is 3.63. The first-order valence-corrected chi connectivity index (χ1v) is 8.35. The fourth-order valence-corrected chi connectivity index (χ4v) is 4.17. The van der Waals surface area contributed by atoms with Crippen LogP contribution >= 0.6 is 0 Å². The average Bonchev–Trinajstić information content (AvgIpc) is 2.34. The number of nitrogens with one attached hydrogen (secondary N) is 1. The minimum absolute atomic E-state index is 0.116. The van der Waals surface area contributed by atoms with E-state index >= 15 is 0 Å². The summed E-state index contributed by atoms with van der Waals surface area (Å²) in [5.41, 5.74) is 0.482. The number of rotatable bonds is 6. The lowest BCUT2D eigenvalue weighted by Gasteiger charge is -2.41. The Morgan fingerprint density at radius 2 is 1.90 bits per heavy atom. The van der Waals surface area contributed by atoms with Crippen LogP contribution in [0.25, 0.3) is 0 Å². The van der Waals surface area contributed by atoms with E-state index in [0.29, 0.717) is 5.56 Å². The molecule has 0 atom stereocenters. The summed E-state index contributed by atoms with van der Waals surface area (Å²) in [7, 11) is -3.40. The Morgan fingerprint density at radius 1 is 1.30 bits per heavy atom. The van der Waals surface area contributed by atoms with Gasteiger partial charge >= 0.3 is 5.97 Å². The van der Waals surface area contributed by atoms with Gasteiger partial charge in [-0.2, -0.15) is 0 Å². The predicted molar refractivity (Wildman–Crippen MR) is 76.0 cm³/mol. The molecule has 1 aliphatic rings. The van der Waals surface area contributed by atoms with E-state index in [9.17, 15) is 13.2 Å². The van der Waals surface area contributed by atoms with Gasteiger partial charge in [-0.25, -0.2) is 17.9 Å². The van der Waals surface area contributed by atoms with Gasteiger partial charge in [-0.15, -0.1) is 0 Å². The van der Waals surface area contributed by atoms with E-state index in [2.05, 4.69) is 4.72 Å². The van der Waals surface area contributed by atoms with Crippen molar-refractivity contribution in [2.24, 2.45) is 0 Å². The van der Waals surface area contributed by atoms with Crippen molar-refractivity contribution in [1.82, 2.24) is 4.72 Å². The van der Waals surface area contributed by atoms with Crippen LogP contribution < -0.4 is 4.72 Å². The number of aromatic carboxylic acids is 1. The van der Waals surface area contributed by atoms with Gasteiger partial charge in [0.05, 0.1) is 11.3 Å². The molecule has 5 nitrogen and oxygen atoms in total. The third-order valence-corrected chi connectivity index (χ3v) is 5.37. The zero-order valence-electron chi connectivity index (χ0n) is 11.4. The van der Waals surface area contributed by atoms with Crippen LogP contribution in [0.3, 0.4) is 0 Å². The number of carboxylic acid groups (broad SMARTS) is 1. The molecule has 0 radical (unpaired) electrons. The zero-order valence-corrected chi connectivity index (χ0v) is 12.2. The maximum Gasteiger partial charge on any atom is 0.335 e. The fraction of sp³-hybridized carbons (Fsp3) is 0.500. The number of carboxylic acids is 1. The summed E-state index contributed by atoms with van der Waals surface area (Å²) in [4.78, 5) is 10.7. The smallest absolute Gasteiger partial charge is 0.335 e. The first kappa shape index (κ1) is 15.0. The lowest BCUT2D eigenvalue weighted by molar-refractivity contribution is 0.0697. The van der Waals surface area contributed by atoms with Gasteiger partial charge in [-0.3, -0.25) is 0 Å². The van der Waals surface area contributed by atoms with Crippen LogP contribution in [0.15, 0.2) is 24.3 Å². The highest BCUT2D eigenvalue weighted by Crippen LogP contribution is 2.35. The molecule has 1 aromatic rings. The summed E-state index contributed by atoms with van der Waals surface area (Å²) < 4.78 is 27.1. The predicted octanol–water partition coefficient (Wildman–Crippen LogP) is 2.14. The summed E-state index contributed by atoms with van der Waals surface area (Å²) in [5.74, 6) is -1.13. The van der Waals surface area contributed by atoms with Crippen molar-refractivity contribution in [3.05, 3.63) is 35.4 Å². The zero-order chi connectivity index (χ0) is 14.8. The molecule has 1 saturated carbocycles. The number of carbonyl (C=O) groups is 1. The molecule has 1 fully saturated rings. The van der Waals surface area contributed by atoms with E-state index in [0.717, 1.165) is 25.7 Å². The Hall–Kier alpha value is -1.40. The summed E-state index contributed by atoms with van der Waals surface area (Å²) >= 11 is 0. The normalized spacial score (nSPS) is 17.4. The quantitative estimate of drug-likeness (QED) is 0.842. The van der Waals surface area contributed by atoms with Crippen LogP contribution in [0.5, 0.6) is 0 Å². The first-order valence-electron chi connectivity index (χ1n) is 6.70. The number of hydrogen-bond acceptors (Lipinski definition) is 3. The van der Waals surface area contributed by atoms with E-state index in [1.165, 1.54) is 12.1 Å². The Bertz CT molecular complexity index is 583. The Labute approximate surface area is 119 Å². The maximum absolute atomic E-state index is 12.2. The average molecular weight is 297 g/mol. The van der Waals surface area contributed by atoms with Crippen LogP contribution in [0.2, 0.25) is 0 Å². The molecule has 0 saturated heterocycles. The molecular formula is C14H19NO4S. The molecule has 20 heavy (non-hydrogen) atoms.